The van der Waals surface area contributed by atoms with Crippen LogP contribution in [0.25, 0.3) is 0 Å². The van der Waals surface area contributed by atoms with Gasteiger partial charge in [0.2, 0.25) is 6.43 Å². The highest BCUT2D eigenvalue weighted by atomic mass is 35.5. The van der Waals surface area contributed by atoms with Crippen LogP contribution in [0.4, 0.5) is 13.2 Å². The predicted octanol–water partition coefficient (Wildman–Crippen LogP) is 3.67. The molecule has 1 heterocycles. The fourth-order valence-corrected chi connectivity index (χ4v) is 3.81. The first-order valence-electron chi connectivity index (χ1n) is 7.24. The quantitative estimate of drug-likeness (QED) is 0.674. The lowest BCUT2D eigenvalue weighted by atomic mass is 10.1. The van der Waals surface area contributed by atoms with Gasteiger partial charge in [0.05, 0.1) is 21.4 Å². The number of aryl methyl sites for hydroxylation is 1. The van der Waals surface area contributed by atoms with Crippen LogP contribution < -0.4 is 0 Å². The molecule has 0 radical (unpaired) electrons. The number of carbonyl (C=O) groups excluding carboxylic acids is 1. The Balaban J connectivity index is 2.21. The molecule has 0 amide bonds. The number of Topliss-reactive ketones (excluding diaryl/α,β-unsaturated/α-hetero) is 1. The minimum atomic E-state index is -3.90. The van der Waals surface area contributed by atoms with Crippen molar-refractivity contribution in [2.45, 2.75) is 24.2 Å². The van der Waals surface area contributed by atoms with Crippen molar-refractivity contribution in [1.29, 1.82) is 0 Å². The van der Waals surface area contributed by atoms with Gasteiger partial charge in [-0.3, -0.25) is 4.79 Å². The molecule has 0 aliphatic carbocycles. The number of aromatic nitrogens is 1. The summed E-state index contributed by atoms with van der Waals surface area (Å²) >= 11 is 5.67. The second-order valence-corrected chi connectivity index (χ2v) is 8.04. The molecule has 4 nitrogen and oxygen atoms in total. The van der Waals surface area contributed by atoms with Crippen LogP contribution in [-0.4, -0.2) is 30.9 Å². The summed E-state index contributed by atoms with van der Waals surface area (Å²) in [6.45, 7) is 0. The number of hydrogen-bond acceptors (Lipinski definition) is 3. The number of ketones is 1. The zero-order valence-corrected chi connectivity index (χ0v) is 14.7. The Labute approximate surface area is 148 Å². The average molecular weight is 394 g/mol. The first-order chi connectivity index (χ1) is 11.6. The smallest absolute Gasteiger partial charge is 0.239 e. The van der Waals surface area contributed by atoms with Gasteiger partial charge in [-0.2, -0.15) is 0 Å². The fourth-order valence-electron chi connectivity index (χ4n) is 2.27. The van der Waals surface area contributed by atoms with Crippen molar-refractivity contribution in [3.8, 4) is 0 Å². The largest absolute Gasteiger partial charge is 0.347 e. The summed E-state index contributed by atoms with van der Waals surface area (Å²) in [5.74, 6) is -1.71. The zero-order chi connectivity index (χ0) is 18.8. The molecule has 0 saturated carbocycles. The third kappa shape index (κ3) is 4.85. The van der Waals surface area contributed by atoms with Crippen molar-refractivity contribution in [2.24, 2.45) is 7.05 Å². The van der Waals surface area contributed by atoms with Crippen LogP contribution in [0.2, 0.25) is 5.02 Å². The number of hydrogen-bond donors (Lipinski definition) is 0. The molecule has 1 aromatic carbocycles. The van der Waals surface area contributed by atoms with Crippen molar-refractivity contribution in [3.05, 3.63) is 52.6 Å². The van der Waals surface area contributed by atoms with E-state index in [1.54, 1.807) is 0 Å². The Morgan fingerprint density at radius 3 is 2.56 bits per heavy atom. The molecule has 0 aliphatic heterocycles. The molecule has 1 aromatic heterocycles. The van der Waals surface area contributed by atoms with Gasteiger partial charge in [-0.1, -0.05) is 17.7 Å². The maximum absolute atomic E-state index is 13.1. The van der Waals surface area contributed by atoms with Crippen LogP contribution in [0.15, 0.2) is 35.4 Å². The summed E-state index contributed by atoms with van der Waals surface area (Å²) in [5.41, 5.74) is 0.579. The van der Waals surface area contributed by atoms with Gasteiger partial charge in [-0.15, -0.1) is 0 Å². The molecule has 0 unspecified atom stereocenters. The van der Waals surface area contributed by atoms with E-state index in [2.05, 4.69) is 0 Å². The molecular weight excluding hydrogens is 379 g/mol. The number of alkyl halides is 2. The Morgan fingerprint density at radius 1 is 1.28 bits per heavy atom. The lowest BCUT2D eigenvalue weighted by molar-refractivity contribution is 0.0985. The SMILES string of the molecule is Cn1cc(S(=O)(=O)CCC(F)F)cc1C(=O)Cc1ccc(F)c(Cl)c1. The minimum Gasteiger partial charge on any atom is -0.347 e. The normalized spacial score (nSPS) is 11.9. The van der Waals surface area contributed by atoms with E-state index in [9.17, 15) is 26.4 Å². The summed E-state index contributed by atoms with van der Waals surface area (Å²) < 4.78 is 63.0. The Kier molecular flexibility index (Phi) is 5.95. The highest BCUT2D eigenvalue weighted by molar-refractivity contribution is 7.91. The third-order valence-electron chi connectivity index (χ3n) is 3.58. The summed E-state index contributed by atoms with van der Waals surface area (Å²) in [6, 6.07) is 5.02. The van der Waals surface area contributed by atoms with Gasteiger partial charge in [0, 0.05) is 26.1 Å². The molecule has 0 aliphatic rings. The van der Waals surface area contributed by atoms with Crippen LogP contribution in [0.5, 0.6) is 0 Å². The maximum atomic E-state index is 13.1. The molecule has 9 heteroatoms. The second kappa shape index (κ2) is 7.61. The van der Waals surface area contributed by atoms with Gasteiger partial charge in [-0.05, 0) is 23.8 Å². The van der Waals surface area contributed by atoms with E-state index >= 15 is 0 Å². The van der Waals surface area contributed by atoms with Gasteiger partial charge >= 0.3 is 0 Å². The van der Waals surface area contributed by atoms with Crippen molar-refractivity contribution >= 4 is 27.2 Å². The molecule has 0 bridgehead atoms. The number of benzene rings is 1. The highest BCUT2D eigenvalue weighted by Crippen LogP contribution is 2.20. The van der Waals surface area contributed by atoms with Gasteiger partial charge < -0.3 is 4.57 Å². The highest BCUT2D eigenvalue weighted by Gasteiger charge is 2.22. The van der Waals surface area contributed by atoms with Gasteiger partial charge in [0.1, 0.15) is 5.82 Å². The Morgan fingerprint density at radius 2 is 1.96 bits per heavy atom. The van der Waals surface area contributed by atoms with E-state index in [1.165, 1.54) is 29.9 Å². The topological polar surface area (TPSA) is 56.1 Å². The average Bonchev–Trinajstić information content (AvgIpc) is 2.92. The fraction of sp³-hybridized carbons (Fsp3) is 0.312. The summed E-state index contributed by atoms with van der Waals surface area (Å²) in [6.07, 6.45) is -2.38. The van der Waals surface area contributed by atoms with Crippen molar-refractivity contribution in [3.63, 3.8) is 0 Å². The Hall–Kier alpha value is -1.80. The first-order valence-corrected chi connectivity index (χ1v) is 9.27. The number of nitrogens with zero attached hydrogens (tertiary/aromatic N) is 1. The standard InChI is InChI=1S/C16H15ClF3NO3S/c1-21-9-11(25(23,24)5-4-16(19)20)8-14(21)15(22)7-10-2-3-13(18)12(17)6-10/h2-3,6,8-9,16H,4-5,7H2,1H3. The van der Waals surface area contributed by atoms with Crippen molar-refractivity contribution in [1.82, 2.24) is 4.57 Å². The van der Waals surface area contributed by atoms with E-state index in [0.29, 0.717) is 5.56 Å². The summed E-state index contributed by atoms with van der Waals surface area (Å²) in [4.78, 5) is 12.2. The first kappa shape index (κ1) is 19.5. The van der Waals surface area contributed by atoms with E-state index in [-0.39, 0.29) is 22.0 Å². The van der Waals surface area contributed by atoms with Crippen LogP contribution in [-0.2, 0) is 23.3 Å². The predicted molar refractivity (Wildman–Crippen MR) is 87.5 cm³/mol. The Bertz CT molecular complexity index is 894. The van der Waals surface area contributed by atoms with Crippen LogP contribution >= 0.6 is 11.6 Å². The van der Waals surface area contributed by atoms with Crippen molar-refractivity contribution in [2.75, 3.05) is 5.75 Å². The molecular formula is C16H15ClF3NO3S. The molecule has 0 atom stereocenters. The second-order valence-electron chi connectivity index (χ2n) is 5.52. The molecule has 2 aromatic rings. The van der Waals surface area contributed by atoms with E-state index in [1.807, 2.05) is 0 Å². The number of sulfone groups is 1. The van der Waals surface area contributed by atoms with Crippen LogP contribution in [0, 0.1) is 5.82 Å². The van der Waals surface area contributed by atoms with Gasteiger partial charge in [-0.25, -0.2) is 21.6 Å². The molecule has 0 N–H and O–H groups in total. The van der Waals surface area contributed by atoms with Gasteiger partial charge in [0.25, 0.3) is 0 Å². The monoisotopic (exact) mass is 393 g/mol. The van der Waals surface area contributed by atoms with Crippen LogP contribution in [0.1, 0.15) is 22.5 Å². The van der Waals surface area contributed by atoms with E-state index in [4.69, 9.17) is 11.6 Å². The zero-order valence-electron chi connectivity index (χ0n) is 13.2. The lowest BCUT2D eigenvalue weighted by Gasteiger charge is -2.03. The molecule has 0 fully saturated rings. The van der Waals surface area contributed by atoms with Crippen molar-refractivity contribution < 1.29 is 26.4 Å². The molecule has 2 rings (SSSR count). The minimum absolute atomic E-state index is 0.103. The van der Waals surface area contributed by atoms with Gasteiger partial charge in [0.15, 0.2) is 15.6 Å². The maximum Gasteiger partial charge on any atom is 0.239 e. The van der Waals surface area contributed by atoms with E-state index < -0.39 is 40.0 Å². The molecule has 25 heavy (non-hydrogen) atoms. The molecule has 0 saturated heterocycles. The molecule has 0 spiro atoms. The number of halogens is 4. The van der Waals surface area contributed by atoms with E-state index in [0.717, 1.165) is 12.1 Å². The number of rotatable bonds is 7. The summed E-state index contributed by atoms with van der Waals surface area (Å²) in [7, 11) is -2.42. The third-order valence-corrected chi connectivity index (χ3v) is 5.58. The number of carbonyl (C=O) groups is 1. The summed E-state index contributed by atoms with van der Waals surface area (Å²) in [5, 5.41) is -0.118. The van der Waals surface area contributed by atoms with Crippen LogP contribution in [0.3, 0.4) is 0 Å². The molecule has 136 valence electrons. The lowest BCUT2D eigenvalue weighted by Crippen LogP contribution is -2.09.